The van der Waals surface area contributed by atoms with E-state index in [-0.39, 0.29) is 6.04 Å². The van der Waals surface area contributed by atoms with Crippen molar-refractivity contribution < 1.29 is 9.90 Å². The number of benzene rings is 1. The zero-order valence-electron chi connectivity index (χ0n) is 10.2. The third-order valence-electron chi connectivity index (χ3n) is 3.37. The first kappa shape index (κ1) is 13.4. The Morgan fingerprint density at radius 3 is 2.90 bits per heavy atom. The van der Waals surface area contributed by atoms with Crippen molar-refractivity contribution in [3.63, 3.8) is 0 Å². The van der Waals surface area contributed by atoms with Crippen LogP contribution in [0.3, 0.4) is 0 Å². The second kappa shape index (κ2) is 5.09. The number of nitrogens with zero attached hydrogens (tertiary/aromatic N) is 1. The maximum atomic E-state index is 11.3. The van der Waals surface area contributed by atoms with Gasteiger partial charge in [-0.1, -0.05) is 29.3 Å². The summed E-state index contributed by atoms with van der Waals surface area (Å²) in [6.07, 6.45) is 1.93. The van der Waals surface area contributed by atoms with Crippen molar-refractivity contribution in [1.82, 2.24) is 15.3 Å². The molecule has 104 valence electrons. The van der Waals surface area contributed by atoms with Gasteiger partial charge in [0.05, 0.1) is 18.1 Å². The van der Waals surface area contributed by atoms with Crippen LogP contribution >= 0.6 is 23.2 Å². The molecule has 0 amide bonds. The third-order valence-corrected chi connectivity index (χ3v) is 3.94. The lowest BCUT2D eigenvalue weighted by Gasteiger charge is -2.28. The van der Waals surface area contributed by atoms with Crippen molar-refractivity contribution in [2.45, 2.75) is 18.5 Å². The standard InChI is InChI=1S/C13H11Cl2N3O2/c14-6-1-2-7(8(15)3-6)11-12-9(16-5-17-12)4-10(18-11)13(19)20/h1-3,5,10-11,18H,4H2,(H,16,17)(H,19,20). The molecule has 2 unspecified atom stereocenters. The number of rotatable bonds is 2. The van der Waals surface area contributed by atoms with Crippen LogP contribution < -0.4 is 5.32 Å². The molecule has 5 nitrogen and oxygen atoms in total. The summed E-state index contributed by atoms with van der Waals surface area (Å²) in [5, 5.41) is 13.3. The number of carboxylic acids is 1. The molecule has 1 aromatic carbocycles. The fourth-order valence-electron chi connectivity index (χ4n) is 2.42. The fraction of sp³-hybridized carbons (Fsp3) is 0.231. The Morgan fingerprint density at radius 2 is 2.20 bits per heavy atom. The van der Waals surface area contributed by atoms with E-state index in [9.17, 15) is 9.90 Å². The van der Waals surface area contributed by atoms with Crippen LogP contribution in [0.1, 0.15) is 23.0 Å². The van der Waals surface area contributed by atoms with Crippen molar-refractivity contribution in [3.8, 4) is 0 Å². The van der Waals surface area contributed by atoms with E-state index >= 15 is 0 Å². The predicted octanol–water partition coefficient (Wildman–Crippen LogP) is 2.40. The fourth-order valence-corrected chi connectivity index (χ4v) is 2.94. The number of fused-ring (bicyclic) bond motifs is 1. The first-order valence-corrected chi connectivity index (χ1v) is 6.78. The van der Waals surface area contributed by atoms with Gasteiger partial charge < -0.3 is 10.1 Å². The van der Waals surface area contributed by atoms with Gasteiger partial charge in [-0.05, 0) is 17.7 Å². The number of aromatic amines is 1. The SMILES string of the molecule is O=C(O)C1Cc2[nH]cnc2C(c2ccc(Cl)cc2Cl)N1. The van der Waals surface area contributed by atoms with E-state index in [4.69, 9.17) is 23.2 Å². The Balaban J connectivity index is 2.06. The predicted molar refractivity (Wildman–Crippen MR) is 75.2 cm³/mol. The molecule has 3 N–H and O–H groups in total. The van der Waals surface area contributed by atoms with Gasteiger partial charge in [-0.25, -0.2) is 4.98 Å². The summed E-state index contributed by atoms with van der Waals surface area (Å²) in [6, 6.07) is 4.10. The molecular weight excluding hydrogens is 301 g/mol. The summed E-state index contributed by atoms with van der Waals surface area (Å²) in [4.78, 5) is 18.5. The van der Waals surface area contributed by atoms with Gasteiger partial charge in [0.15, 0.2) is 0 Å². The molecule has 0 radical (unpaired) electrons. The van der Waals surface area contributed by atoms with Crippen molar-refractivity contribution in [3.05, 3.63) is 51.5 Å². The minimum atomic E-state index is -0.902. The first-order chi connectivity index (χ1) is 9.56. The highest BCUT2D eigenvalue weighted by Crippen LogP contribution is 2.33. The van der Waals surface area contributed by atoms with Crippen molar-refractivity contribution in [2.75, 3.05) is 0 Å². The lowest BCUT2D eigenvalue weighted by Crippen LogP contribution is -2.45. The lowest BCUT2D eigenvalue weighted by atomic mass is 9.94. The van der Waals surface area contributed by atoms with Crippen LogP contribution in [0.5, 0.6) is 0 Å². The molecule has 1 aromatic heterocycles. The van der Waals surface area contributed by atoms with Crippen molar-refractivity contribution in [2.24, 2.45) is 0 Å². The highest BCUT2D eigenvalue weighted by molar-refractivity contribution is 6.35. The topological polar surface area (TPSA) is 78.0 Å². The summed E-state index contributed by atoms with van der Waals surface area (Å²) in [5.74, 6) is -0.902. The Hall–Kier alpha value is -1.56. The minimum absolute atomic E-state index is 0.365. The number of carboxylic acid groups (broad SMARTS) is 1. The number of carbonyl (C=O) groups is 1. The van der Waals surface area contributed by atoms with E-state index in [0.29, 0.717) is 16.5 Å². The number of hydrogen-bond acceptors (Lipinski definition) is 3. The van der Waals surface area contributed by atoms with Gasteiger partial charge in [-0.3, -0.25) is 10.1 Å². The molecule has 20 heavy (non-hydrogen) atoms. The number of imidazole rings is 1. The van der Waals surface area contributed by atoms with E-state index in [1.807, 2.05) is 0 Å². The molecule has 1 aliphatic heterocycles. The van der Waals surface area contributed by atoms with E-state index in [0.717, 1.165) is 17.0 Å². The van der Waals surface area contributed by atoms with E-state index in [1.54, 1.807) is 24.5 Å². The number of hydrogen-bond donors (Lipinski definition) is 3. The average Bonchev–Trinajstić information content (AvgIpc) is 2.86. The number of halogens is 2. The first-order valence-electron chi connectivity index (χ1n) is 6.02. The molecule has 0 bridgehead atoms. The summed E-state index contributed by atoms with van der Waals surface area (Å²) in [5.41, 5.74) is 2.34. The molecule has 2 aromatic rings. The van der Waals surface area contributed by atoms with Gasteiger partial charge in [0.2, 0.25) is 0 Å². The molecule has 0 saturated carbocycles. The van der Waals surface area contributed by atoms with Crippen LogP contribution in [0.25, 0.3) is 0 Å². The Labute approximate surface area is 124 Å². The molecular formula is C13H11Cl2N3O2. The Bertz CT molecular complexity index is 671. The second-order valence-electron chi connectivity index (χ2n) is 4.63. The normalized spacial score (nSPS) is 21.5. The monoisotopic (exact) mass is 311 g/mol. The minimum Gasteiger partial charge on any atom is -0.480 e. The van der Waals surface area contributed by atoms with Gasteiger partial charge in [0.25, 0.3) is 0 Å². The van der Waals surface area contributed by atoms with Gasteiger partial charge in [-0.2, -0.15) is 0 Å². The van der Waals surface area contributed by atoms with E-state index in [2.05, 4.69) is 15.3 Å². The molecule has 0 aliphatic carbocycles. The number of aliphatic carboxylic acids is 1. The molecule has 0 spiro atoms. The zero-order valence-corrected chi connectivity index (χ0v) is 11.7. The summed E-state index contributed by atoms with van der Waals surface area (Å²) in [6.45, 7) is 0. The Morgan fingerprint density at radius 1 is 1.40 bits per heavy atom. The molecule has 2 atom stereocenters. The lowest BCUT2D eigenvalue weighted by molar-refractivity contribution is -0.139. The molecule has 1 aliphatic rings. The number of aromatic nitrogens is 2. The highest BCUT2D eigenvalue weighted by Gasteiger charge is 2.33. The van der Waals surface area contributed by atoms with E-state index < -0.39 is 12.0 Å². The molecule has 0 fully saturated rings. The quantitative estimate of drug-likeness (QED) is 0.796. The molecule has 3 rings (SSSR count). The highest BCUT2D eigenvalue weighted by atomic mass is 35.5. The number of nitrogens with one attached hydrogen (secondary N) is 2. The van der Waals surface area contributed by atoms with Crippen LogP contribution in [0.4, 0.5) is 0 Å². The van der Waals surface area contributed by atoms with Crippen LogP contribution in [0, 0.1) is 0 Å². The third kappa shape index (κ3) is 2.28. The van der Waals surface area contributed by atoms with Crippen LogP contribution in [0.2, 0.25) is 10.0 Å². The van der Waals surface area contributed by atoms with Crippen LogP contribution in [0.15, 0.2) is 24.5 Å². The second-order valence-corrected chi connectivity index (χ2v) is 5.47. The smallest absolute Gasteiger partial charge is 0.321 e. The van der Waals surface area contributed by atoms with Gasteiger partial charge in [0, 0.05) is 22.2 Å². The van der Waals surface area contributed by atoms with Gasteiger partial charge >= 0.3 is 5.97 Å². The maximum Gasteiger partial charge on any atom is 0.321 e. The summed E-state index contributed by atoms with van der Waals surface area (Å²) < 4.78 is 0. The number of H-pyrrole nitrogens is 1. The van der Waals surface area contributed by atoms with Gasteiger partial charge in [-0.15, -0.1) is 0 Å². The van der Waals surface area contributed by atoms with Crippen molar-refractivity contribution >= 4 is 29.2 Å². The summed E-state index contributed by atoms with van der Waals surface area (Å²) >= 11 is 12.1. The van der Waals surface area contributed by atoms with Crippen LogP contribution in [-0.4, -0.2) is 27.1 Å². The molecule has 2 heterocycles. The summed E-state index contributed by atoms with van der Waals surface area (Å²) in [7, 11) is 0. The van der Waals surface area contributed by atoms with E-state index in [1.165, 1.54) is 0 Å². The maximum absolute atomic E-state index is 11.3. The zero-order chi connectivity index (χ0) is 14.3. The van der Waals surface area contributed by atoms with Crippen molar-refractivity contribution in [1.29, 1.82) is 0 Å². The average molecular weight is 312 g/mol. The largest absolute Gasteiger partial charge is 0.480 e. The Kier molecular flexibility index (Phi) is 3.41. The molecule has 0 saturated heterocycles. The molecule has 7 heteroatoms. The van der Waals surface area contributed by atoms with Gasteiger partial charge in [0.1, 0.15) is 6.04 Å². The van der Waals surface area contributed by atoms with Crippen LogP contribution in [-0.2, 0) is 11.2 Å².